The molecule has 2 aromatic rings. The van der Waals surface area contributed by atoms with Gasteiger partial charge in [0.25, 0.3) is 0 Å². The Kier molecular flexibility index (Phi) is 7.90. The van der Waals surface area contributed by atoms with Crippen LogP contribution in [0, 0.1) is 25.1 Å². The molecule has 2 aromatic carbocycles. The third-order valence-electron chi connectivity index (χ3n) is 3.68. The van der Waals surface area contributed by atoms with Gasteiger partial charge in [0.15, 0.2) is 0 Å². The lowest BCUT2D eigenvalue weighted by molar-refractivity contribution is -0.128. The second-order valence-corrected chi connectivity index (χ2v) is 6.98. The van der Waals surface area contributed by atoms with Crippen molar-refractivity contribution in [1.29, 1.82) is 0 Å². The number of carbonyl (C=O) groups excluding carboxylic acids is 2. The van der Waals surface area contributed by atoms with E-state index in [2.05, 4.69) is 11.2 Å². The normalized spacial score (nSPS) is 10.1. The Labute approximate surface area is 163 Å². The van der Waals surface area contributed by atoms with Gasteiger partial charge in [-0.2, -0.15) is 0 Å². The Balaban J connectivity index is 1.81. The van der Waals surface area contributed by atoms with E-state index in [1.54, 1.807) is 12.1 Å². The number of aryl methyl sites for hydroxylation is 1. The number of amides is 2. The number of benzene rings is 2. The summed E-state index contributed by atoms with van der Waals surface area (Å²) in [6, 6.07) is 13.4. The van der Waals surface area contributed by atoms with E-state index in [4.69, 9.17) is 6.42 Å². The van der Waals surface area contributed by atoms with E-state index >= 15 is 0 Å². The molecule has 0 spiro atoms. The Hall–Kier alpha value is -2.78. The van der Waals surface area contributed by atoms with Crippen LogP contribution in [0.4, 0.5) is 10.1 Å². The molecule has 4 nitrogen and oxygen atoms in total. The van der Waals surface area contributed by atoms with E-state index in [-0.39, 0.29) is 35.7 Å². The zero-order valence-corrected chi connectivity index (χ0v) is 15.9. The summed E-state index contributed by atoms with van der Waals surface area (Å²) >= 11 is 1.23. The van der Waals surface area contributed by atoms with Crippen molar-refractivity contribution in [2.45, 2.75) is 13.5 Å². The molecule has 1 N–H and O–H groups in total. The number of carbonyl (C=O) groups is 2. The van der Waals surface area contributed by atoms with Crippen molar-refractivity contribution in [1.82, 2.24) is 4.90 Å². The van der Waals surface area contributed by atoms with Crippen molar-refractivity contribution in [3.63, 3.8) is 0 Å². The van der Waals surface area contributed by atoms with Gasteiger partial charge in [-0.25, -0.2) is 4.39 Å². The minimum absolute atomic E-state index is 0.143. The van der Waals surface area contributed by atoms with Gasteiger partial charge in [-0.1, -0.05) is 30.2 Å². The molecule has 2 amide bonds. The van der Waals surface area contributed by atoms with Gasteiger partial charge in [0.05, 0.1) is 18.1 Å². The van der Waals surface area contributed by atoms with Crippen molar-refractivity contribution in [2.75, 3.05) is 23.4 Å². The molecule has 0 heterocycles. The number of thioether (sulfide) groups is 1. The highest BCUT2D eigenvalue weighted by Crippen LogP contribution is 2.12. The third kappa shape index (κ3) is 7.16. The lowest BCUT2D eigenvalue weighted by Gasteiger charge is -2.20. The molecule has 0 atom stereocenters. The van der Waals surface area contributed by atoms with E-state index < -0.39 is 0 Å². The lowest BCUT2D eigenvalue weighted by Crippen LogP contribution is -2.32. The first-order valence-corrected chi connectivity index (χ1v) is 9.53. The van der Waals surface area contributed by atoms with Gasteiger partial charge in [-0.3, -0.25) is 9.59 Å². The summed E-state index contributed by atoms with van der Waals surface area (Å²) < 4.78 is 13.0. The Morgan fingerprint density at radius 3 is 2.59 bits per heavy atom. The second kappa shape index (κ2) is 10.4. The fourth-order valence-corrected chi connectivity index (χ4v) is 3.11. The third-order valence-corrected chi connectivity index (χ3v) is 4.60. The van der Waals surface area contributed by atoms with Crippen LogP contribution in [0.1, 0.15) is 11.1 Å². The maximum Gasteiger partial charge on any atom is 0.234 e. The number of nitrogens with one attached hydrogen (secondary N) is 1. The average molecular weight is 384 g/mol. The quantitative estimate of drug-likeness (QED) is 0.709. The molecule has 0 saturated carbocycles. The molecule has 6 heteroatoms. The van der Waals surface area contributed by atoms with E-state index in [9.17, 15) is 14.0 Å². The number of halogens is 1. The number of hydrogen-bond donors (Lipinski definition) is 1. The fraction of sp³-hybridized carbons (Fsp3) is 0.238. The van der Waals surface area contributed by atoms with Crippen LogP contribution >= 0.6 is 11.8 Å². The maximum atomic E-state index is 13.0. The molecule has 0 bridgehead atoms. The molecule has 27 heavy (non-hydrogen) atoms. The average Bonchev–Trinajstić information content (AvgIpc) is 2.63. The summed E-state index contributed by atoms with van der Waals surface area (Å²) in [6.07, 6.45) is 5.35. The van der Waals surface area contributed by atoms with Crippen molar-refractivity contribution in [3.8, 4) is 12.3 Å². The van der Waals surface area contributed by atoms with E-state index in [1.165, 1.54) is 28.8 Å². The second-order valence-electron chi connectivity index (χ2n) is 5.99. The zero-order chi connectivity index (χ0) is 19.6. The summed E-state index contributed by atoms with van der Waals surface area (Å²) in [6.45, 7) is 2.41. The number of rotatable bonds is 8. The molecule has 0 unspecified atom stereocenters. The van der Waals surface area contributed by atoms with Gasteiger partial charge in [-0.15, -0.1) is 18.2 Å². The fourth-order valence-electron chi connectivity index (χ4n) is 2.39. The first kappa shape index (κ1) is 20.5. The predicted molar refractivity (Wildman–Crippen MR) is 108 cm³/mol. The van der Waals surface area contributed by atoms with Crippen LogP contribution in [-0.2, 0) is 16.1 Å². The van der Waals surface area contributed by atoms with E-state index in [0.717, 1.165) is 16.8 Å². The Morgan fingerprint density at radius 1 is 1.19 bits per heavy atom. The summed E-state index contributed by atoms with van der Waals surface area (Å²) in [7, 11) is 0. The van der Waals surface area contributed by atoms with Crippen LogP contribution in [0.25, 0.3) is 0 Å². The monoisotopic (exact) mass is 384 g/mol. The van der Waals surface area contributed by atoms with Gasteiger partial charge in [-0.05, 0) is 42.3 Å². The van der Waals surface area contributed by atoms with Crippen molar-refractivity contribution < 1.29 is 14.0 Å². The molecule has 0 aliphatic rings. The summed E-state index contributed by atoms with van der Waals surface area (Å²) in [5.74, 6) is 2.11. The van der Waals surface area contributed by atoms with E-state index in [1.807, 2.05) is 31.2 Å². The summed E-state index contributed by atoms with van der Waals surface area (Å²) in [4.78, 5) is 25.9. The maximum absolute atomic E-state index is 13.0. The molecule has 0 aromatic heterocycles. The van der Waals surface area contributed by atoms with Crippen LogP contribution < -0.4 is 5.32 Å². The highest BCUT2D eigenvalue weighted by molar-refractivity contribution is 8.00. The minimum atomic E-state index is -0.330. The number of terminal acetylenes is 1. The van der Waals surface area contributed by atoms with Crippen LogP contribution in [0.2, 0.25) is 0 Å². The van der Waals surface area contributed by atoms with Crippen molar-refractivity contribution in [2.24, 2.45) is 0 Å². The van der Waals surface area contributed by atoms with Gasteiger partial charge in [0.1, 0.15) is 5.82 Å². The summed E-state index contributed by atoms with van der Waals surface area (Å²) in [5, 5.41) is 2.80. The first-order valence-electron chi connectivity index (χ1n) is 8.38. The van der Waals surface area contributed by atoms with E-state index in [0.29, 0.717) is 6.54 Å². The van der Waals surface area contributed by atoms with Crippen molar-refractivity contribution >= 4 is 29.3 Å². The van der Waals surface area contributed by atoms with Gasteiger partial charge >= 0.3 is 0 Å². The van der Waals surface area contributed by atoms with Crippen LogP contribution in [0.3, 0.4) is 0 Å². The molecule has 0 aliphatic heterocycles. The van der Waals surface area contributed by atoms with Gasteiger partial charge in [0, 0.05) is 12.2 Å². The SMILES string of the molecule is C#CCN(Cc1ccc(F)cc1)C(=O)CSCC(=O)Nc1cccc(C)c1. The molecule has 0 aliphatic carbocycles. The van der Waals surface area contributed by atoms with Gasteiger partial charge in [0.2, 0.25) is 11.8 Å². The molecular weight excluding hydrogens is 363 g/mol. The molecule has 0 radical (unpaired) electrons. The highest BCUT2D eigenvalue weighted by atomic mass is 32.2. The molecule has 2 rings (SSSR count). The molecule has 0 saturated heterocycles. The number of anilines is 1. The zero-order valence-electron chi connectivity index (χ0n) is 15.1. The van der Waals surface area contributed by atoms with Crippen molar-refractivity contribution in [3.05, 3.63) is 65.5 Å². The van der Waals surface area contributed by atoms with Crippen LogP contribution in [0.5, 0.6) is 0 Å². The Morgan fingerprint density at radius 2 is 1.93 bits per heavy atom. The number of nitrogens with zero attached hydrogens (tertiary/aromatic N) is 1. The molecule has 140 valence electrons. The summed E-state index contributed by atoms with van der Waals surface area (Å²) in [5.41, 5.74) is 2.58. The predicted octanol–water partition coefficient (Wildman–Crippen LogP) is 3.47. The number of hydrogen-bond acceptors (Lipinski definition) is 3. The van der Waals surface area contributed by atoms with Gasteiger partial charge < -0.3 is 10.2 Å². The topological polar surface area (TPSA) is 49.4 Å². The minimum Gasteiger partial charge on any atom is -0.327 e. The smallest absolute Gasteiger partial charge is 0.234 e. The first-order chi connectivity index (χ1) is 13.0. The Bertz CT molecular complexity index is 831. The standard InChI is InChI=1S/C21H21FN2O2S/c1-3-11-24(13-17-7-9-18(22)10-8-17)21(26)15-27-14-20(25)23-19-6-4-5-16(2)12-19/h1,4-10,12H,11,13-15H2,2H3,(H,23,25). The highest BCUT2D eigenvalue weighted by Gasteiger charge is 2.14. The largest absolute Gasteiger partial charge is 0.327 e. The van der Waals surface area contributed by atoms with Crippen LogP contribution in [0.15, 0.2) is 48.5 Å². The lowest BCUT2D eigenvalue weighted by atomic mass is 10.2. The van der Waals surface area contributed by atoms with Crippen LogP contribution in [-0.4, -0.2) is 34.8 Å². The molecular formula is C21H21FN2O2S. The molecule has 0 fully saturated rings.